The van der Waals surface area contributed by atoms with E-state index >= 15 is 0 Å². The summed E-state index contributed by atoms with van der Waals surface area (Å²) in [5, 5.41) is 0. The first-order chi connectivity index (χ1) is 19.3. The van der Waals surface area contributed by atoms with Gasteiger partial charge in [0, 0.05) is 11.2 Å². The fraction of sp³-hybridized carbons (Fsp3) is 0.270. The summed E-state index contributed by atoms with van der Waals surface area (Å²) in [4.78, 5) is 2.57. The fourth-order valence-corrected chi connectivity index (χ4v) is 6.80. The molecule has 1 heterocycles. The molecule has 0 spiro atoms. The fourth-order valence-electron chi connectivity index (χ4n) is 5.69. The molecule has 1 aliphatic rings. The van der Waals surface area contributed by atoms with E-state index < -0.39 is 0 Å². The zero-order valence-electron chi connectivity index (χ0n) is 25.2. The van der Waals surface area contributed by atoms with Crippen molar-refractivity contribution in [1.29, 1.82) is 0 Å². The van der Waals surface area contributed by atoms with E-state index in [1.54, 1.807) is 0 Å². The summed E-state index contributed by atoms with van der Waals surface area (Å²) >= 11 is -0.237. The number of hydrogen-bond acceptors (Lipinski definition) is 2. The summed E-state index contributed by atoms with van der Waals surface area (Å²) in [7, 11) is 5.79. The molecule has 1 atom stereocenters. The van der Waals surface area contributed by atoms with Gasteiger partial charge in [-0.3, -0.25) is 0 Å². The Labute approximate surface area is 259 Å². The van der Waals surface area contributed by atoms with Crippen LogP contribution in [0.4, 0.5) is 5.69 Å². The summed E-state index contributed by atoms with van der Waals surface area (Å²) < 4.78 is 7.81. The van der Waals surface area contributed by atoms with Gasteiger partial charge in [-0.15, -0.1) is 5.41 Å². The van der Waals surface area contributed by atoms with E-state index in [0.29, 0.717) is 0 Å². The number of benzene rings is 4. The van der Waals surface area contributed by atoms with Crippen LogP contribution in [0.15, 0.2) is 103 Å². The molecule has 0 N–H and O–H groups in total. The zero-order chi connectivity index (χ0) is 28.6. The molecular formula is C37H43ClNORu-2. The maximum atomic E-state index is 5.79. The first-order valence-corrected chi connectivity index (χ1v) is 17.2. The van der Waals surface area contributed by atoms with Crippen LogP contribution in [0.1, 0.15) is 63.3 Å². The Balaban J connectivity index is 0.000000238. The number of hydrogen-bond donors (Lipinski definition) is 0. The van der Waals surface area contributed by atoms with Gasteiger partial charge in [0.25, 0.3) is 0 Å². The van der Waals surface area contributed by atoms with Crippen LogP contribution >= 0.6 is 9.69 Å². The Bertz CT molecular complexity index is 1380. The third kappa shape index (κ3) is 7.97. The average molecular weight is 654 g/mol. The third-order valence-corrected chi connectivity index (χ3v) is 8.73. The Morgan fingerprint density at radius 3 is 1.95 bits per heavy atom. The van der Waals surface area contributed by atoms with E-state index in [1.165, 1.54) is 22.4 Å². The van der Waals surface area contributed by atoms with E-state index in [9.17, 15) is 0 Å². The molecule has 0 unspecified atom stereocenters. The average Bonchev–Trinajstić information content (AvgIpc) is 3.24. The molecule has 5 rings (SSSR count). The molecule has 1 aliphatic heterocycles. The van der Waals surface area contributed by atoms with Crippen molar-refractivity contribution < 1.29 is 20.4 Å². The Kier molecular flexibility index (Phi) is 11.9. The molecule has 1 fully saturated rings. The van der Waals surface area contributed by atoms with Gasteiger partial charge in [-0.1, -0.05) is 74.9 Å². The van der Waals surface area contributed by atoms with Gasteiger partial charge < -0.3 is 12.3 Å². The minimum atomic E-state index is -0.237. The molecule has 0 amide bonds. The third-order valence-electron chi connectivity index (χ3n) is 7.54. The molecule has 4 heteroatoms. The molecule has 4 aromatic rings. The van der Waals surface area contributed by atoms with Gasteiger partial charge in [0.1, 0.15) is 0 Å². The topological polar surface area (TPSA) is 12.5 Å². The van der Waals surface area contributed by atoms with Crippen LogP contribution in [0.5, 0.6) is 11.5 Å². The van der Waals surface area contributed by atoms with Crippen molar-refractivity contribution in [3.05, 3.63) is 139 Å². The van der Waals surface area contributed by atoms with E-state index in [4.69, 9.17) is 14.4 Å². The molecule has 41 heavy (non-hydrogen) atoms. The first-order valence-electron chi connectivity index (χ1n) is 14.0. The van der Waals surface area contributed by atoms with Crippen LogP contribution in [0.2, 0.25) is 0 Å². The molecule has 4 aromatic carbocycles. The van der Waals surface area contributed by atoms with Gasteiger partial charge in [-0.05, 0) is 44.2 Å². The van der Waals surface area contributed by atoms with Gasteiger partial charge in [0.15, 0.2) is 0 Å². The van der Waals surface area contributed by atoms with E-state index in [0.717, 1.165) is 36.3 Å². The van der Waals surface area contributed by atoms with Gasteiger partial charge in [-0.25, -0.2) is 6.54 Å². The second-order valence-electron chi connectivity index (χ2n) is 11.0. The van der Waals surface area contributed by atoms with Crippen LogP contribution in [0.3, 0.4) is 0 Å². The summed E-state index contributed by atoms with van der Waals surface area (Å²) in [6.45, 7) is 14.1. The number of ether oxygens (including phenoxy) is 1. The van der Waals surface area contributed by atoms with Crippen LogP contribution in [-0.2, 0) is 33.9 Å². The molecule has 219 valence electrons. The Hall–Kier alpha value is -2.74. The molecule has 0 aromatic heterocycles. The second-order valence-corrected chi connectivity index (χ2v) is 12.8. The number of halogens is 1. The zero-order valence-corrected chi connectivity index (χ0v) is 27.7. The number of para-hydroxylation sites is 3. The SMILES string of the molecule is CCc1cccc(CC)c1N1[CH-][C@](C)(c2ccccc2)CC1(C)C.[CH3-].[Cl][Ru]=[CH]c1ccccc1Oc1ccccc1. The first kappa shape index (κ1) is 32.8. The van der Waals surface area contributed by atoms with Crippen molar-refractivity contribution in [1.82, 2.24) is 0 Å². The Morgan fingerprint density at radius 1 is 0.805 bits per heavy atom. The number of rotatable bonds is 7. The molecule has 0 radical (unpaired) electrons. The number of aryl methyl sites for hydroxylation is 2. The second kappa shape index (κ2) is 14.9. The molecule has 0 saturated carbocycles. The Morgan fingerprint density at radius 2 is 1.37 bits per heavy atom. The van der Waals surface area contributed by atoms with Crippen LogP contribution in [0, 0.1) is 14.0 Å². The monoisotopic (exact) mass is 654 g/mol. The van der Waals surface area contributed by atoms with E-state index in [-0.39, 0.29) is 34.1 Å². The molecule has 1 saturated heterocycles. The number of nitrogens with zero attached hydrogens (tertiary/aromatic N) is 1. The van der Waals surface area contributed by atoms with Gasteiger partial charge in [0.2, 0.25) is 0 Å². The van der Waals surface area contributed by atoms with Crippen molar-refractivity contribution in [2.24, 2.45) is 0 Å². The van der Waals surface area contributed by atoms with Crippen LogP contribution < -0.4 is 9.64 Å². The predicted octanol–water partition coefficient (Wildman–Crippen LogP) is 10.2. The molecular weight excluding hydrogens is 611 g/mol. The van der Waals surface area contributed by atoms with E-state index in [2.05, 4.69) is 94.6 Å². The van der Waals surface area contributed by atoms with Gasteiger partial charge in [0.05, 0.1) is 0 Å². The minimum absolute atomic E-state index is 0. The summed E-state index contributed by atoms with van der Waals surface area (Å²) in [6.07, 6.45) is 3.28. The summed E-state index contributed by atoms with van der Waals surface area (Å²) in [5.41, 5.74) is 7.00. The van der Waals surface area contributed by atoms with E-state index in [1.807, 2.05) is 59.2 Å². The van der Waals surface area contributed by atoms with Crippen molar-refractivity contribution in [3.63, 3.8) is 0 Å². The molecule has 0 bridgehead atoms. The van der Waals surface area contributed by atoms with Crippen molar-refractivity contribution in [3.8, 4) is 11.5 Å². The van der Waals surface area contributed by atoms with Crippen molar-refractivity contribution in [2.45, 2.75) is 64.8 Å². The normalized spacial score (nSPS) is 17.7. The predicted molar refractivity (Wildman–Crippen MR) is 175 cm³/mol. The van der Waals surface area contributed by atoms with Gasteiger partial charge >= 0.3 is 106 Å². The molecule has 0 aliphatic carbocycles. The summed E-state index contributed by atoms with van der Waals surface area (Å²) in [6, 6.07) is 35.4. The maximum absolute atomic E-state index is 5.79. The standard InChI is InChI=1S/C23H30N.C13H10O.CH3.ClH.Ru/c1-6-18-12-11-13-19(7-2)21(18)24-17-23(5,16-22(24,3)4)20-14-9-8-10-15-20;1-11-7-5-6-10-13(11)14-12-8-3-2-4-9-12;;;/h8-15,17H,6-7,16H2,1-5H3;1-10H;1H3;1H;/q-1;;-1;;+1/p-1/t23-;;;;/m1..../s1. The van der Waals surface area contributed by atoms with Crippen LogP contribution in [0.25, 0.3) is 0 Å². The van der Waals surface area contributed by atoms with Crippen molar-refractivity contribution >= 4 is 20.0 Å². The number of anilines is 1. The van der Waals surface area contributed by atoms with Gasteiger partial charge in [-0.2, -0.15) is 0 Å². The van der Waals surface area contributed by atoms with Crippen molar-refractivity contribution in [2.75, 3.05) is 4.90 Å². The quantitative estimate of drug-likeness (QED) is 0.145. The van der Waals surface area contributed by atoms with Crippen LogP contribution in [-0.4, -0.2) is 10.1 Å². The summed E-state index contributed by atoms with van der Waals surface area (Å²) in [5.74, 6) is 1.69. The molecule has 2 nitrogen and oxygen atoms in total.